The monoisotopic (exact) mass is 302 g/mol. The van der Waals surface area contributed by atoms with E-state index in [4.69, 9.17) is 4.74 Å². The molecule has 5 nitrogen and oxygen atoms in total. The molecule has 0 radical (unpaired) electrons. The molecule has 0 saturated carbocycles. The van der Waals surface area contributed by atoms with Crippen LogP contribution >= 0.6 is 0 Å². The number of aromatic hydroxyl groups is 3. The maximum atomic E-state index is 11.6. The maximum absolute atomic E-state index is 11.6. The minimum atomic E-state index is -0.561. The zero-order valence-electron chi connectivity index (χ0n) is 12.0. The molecule has 2 rings (SSSR count). The lowest BCUT2D eigenvalue weighted by Crippen LogP contribution is -2.08. The molecule has 0 amide bonds. The number of carbonyl (C=O) groups is 1. The molecule has 0 unspecified atom stereocenters. The fraction of sp³-hybridized carbons (Fsp3) is 0.235. The highest BCUT2D eigenvalue weighted by molar-refractivity contribution is 5.69. The summed E-state index contributed by atoms with van der Waals surface area (Å²) in [6.07, 6.45) is 1.11. The Morgan fingerprint density at radius 1 is 0.909 bits per heavy atom. The average molecular weight is 302 g/mol. The number of carbonyl (C=O) groups excluding carboxylic acids is 1. The predicted octanol–water partition coefficient (Wildman–Crippen LogP) is 2.52. The summed E-state index contributed by atoms with van der Waals surface area (Å²) < 4.78 is 5.14. The highest BCUT2D eigenvalue weighted by atomic mass is 16.5. The summed E-state index contributed by atoms with van der Waals surface area (Å²) in [6, 6.07) is 12.4. The van der Waals surface area contributed by atoms with E-state index in [0.29, 0.717) is 25.0 Å². The second-order valence-electron chi connectivity index (χ2n) is 4.94. The van der Waals surface area contributed by atoms with Crippen molar-refractivity contribution in [2.24, 2.45) is 0 Å². The van der Waals surface area contributed by atoms with Crippen LogP contribution in [0.15, 0.2) is 42.5 Å². The average Bonchev–Trinajstić information content (AvgIpc) is 2.51. The van der Waals surface area contributed by atoms with Crippen LogP contribution in [0.1, 0.15) is 17.5 Å². The van der Waals surface area contributed by atoms with Crippen LogP contribution < -0.4 is 0 Å². The van der Waals surface area contributed by atoms with Crippen LogP contribution in [0.25, 0.3) is 0 Å². The molecule has 0 atom stereocenters. The van der Waals surface area contributed by atoms with Gasteiger partial charge in [0.05, 0.1) is 6.61 Å². The molecule has 3 N–H and O–H groups in total. The summed E-state index contributed by atoms with van der Waals surface area (Å²) in [7, 11) is 0. The molecule has 0 saturated heterocycles. The second kappa shape index (κ2) is 7.36. The van der Waals surface area contributed by atoms with Crippen LogP contribution in [-0.4, -0.2) is 27.9 Å². The van der Waals surface area contributed by atoms with Gasteiger partial charge in [-0.3, -0.25) is 4.79 Å². The van der Waals surface area contributed by atoms with Crippen molar-refractivity contribution in [3.8, 4) is 17.2 Å². The molecule has 2 aromatic rings. The van der Waals surface area contributed by atoms with Gasteiger partial charge in [-0.15, -0.1) is 0 Å². The molecule has 0 aliphatic rings. The summed E-state index contributed by atoms with van der Waals surface area (Å²) in [6.45, 7) is 0.314. The first-order chi connectivity index (χ1) is 10.6. The molecule has 0 spiro atoms. The van der Waals surface area contributed by atoms with Crippen molar-refractivity contribution in [3.63, 3.8) is 0 Å². The number of esters is 1. The van der Waals surface area contributed by atoms with Crippen molar-refractivity contribution in [2.45, 2.75) is 19.3 Å². The Bertz CT molecular complexity index is 614. The Hall–Kier alpha value is -2.69. The van der Waals surface area contributed by atoms with Gasteiger partial charge in [0.2, 0.25) is 0 Å². The fourth-order valence-corrected chi connectivity index (χ4v) is 2.05. The van der Waals surface area contributed by atoms with Gasteiger partial charge < -0.3 is 20.1 Å². The van der Waals surface area contributed by atoms with Gasteiger partial charge >= 0.3 is 5.97 Å². The van der Waals surface area contributed by atoms with Crippen LogP contribution in [0.5, 0.6) is 17.2 Å². The first-order valence-electron chi connectivity index (χ1n) is 6.99. The molecule has 2 aromatic carbocycles. The van der Waals surface area contributed by atoms with Crippen molar-refractivity contribution >= 4 is 5.97 Å². The largest absolute Gasteiger partial charge is 0.504 e. The van der Waals surface area contributed by atoms with Gasteiger partial charge in [-0.25, -0.2) is 0 Å². The molecule has 116 valence electrons. The third-order valence-corrected chi connectivity index (χ3v) is 3.24. The first kappa shape index (κ1) is 15.7. The van der Waals surface area contributed by atoms with E-state index in [-0.39, 0.29) is 12.4 Å². The van der Waals surface area contributed by atoms with Gasteiger partial charge in [-0.2, -0.15) is 0 Å². The van der Waals surface area contributed by atoms with Crippen molar-refractivity contribution < 1.29 is 24.9 Å². The Morgan fingerprint density at radius 3 is 2.18 bits per heavy atom. The number of aryl methyl sites for hydroxylation is 1. The maximum Gasteiger partial charge on any atom is 0.306 e. The van der Waals surface area contributed by atoms with E-state index < -0.39 is 17.2 Å². The summed E-state index contributed by atoms with van der Waals surface area (Å²) in [5.74, 6) is -1.72. The lowest BCUT2D eigenvalue weighted by molar-refractivity contribution is -0.143. The van der Waals surface area contributed by atoms with E-state index in [1.807, 2.05) is 30.3 Å². The van der Waals surface area contributed by atoms with E-state index in [9.17, 15) is 20.1 Å². The molecule has 22 heavy (non-hydrogen) atoms. The third kappa shape index (κ3) is 4.41. The highest BCUT2D eigenvalue weighted by Gasteiger charge is 2.10. The molecule has 0 aliphatic carbocycles. The zero-order chi connectivity index (χ0) is 15.9. The molecule has 5 heteroatoms. The van der Waals surface area contributed by atoms with E-state index >= 15 is 0 Å². The molecule has 0 heterocycles. The summed E-state index contributed by atoms with van der Waals surface area (Å²) in [5.41, 5.74) is 1.65. The van der Waals surface area contributed by atoms with Crippen LogP contribution in [0.2, 0.25) is 0 Å². The van der Waals surface area contributed by atoms with Gasteiger partial charge in [-0.05, 0) is 29.7 Å². The second-order valence-corrected chi connectivity index (χ2v) is 4.94. The Morgan fingerprint density at radius 2 is 1.55 bits per heavy atom. The first-order valence-corrected chi connectivity index (χ1v) is 6.99. The van der Waals surface area contributed by atoms with E-state index in [0.717, 1.165) is 5.56 Å². The zero-order valence-corrected chi connectivity index (χ0v) is 12.0. The van der Waals surface area contributed by atoms with Crippen LogP contribution in [0.4, 0.5) is 0 Å². The van der Waals surface area contributed by atoms with Crippen molar-refractivity contribution in [1.82, 2.24) is 0 Å². The Labute approximate surface area is 128 Å². The van der Waals surface area contributed by atoms with Gasteiger partial charge in [0, 0.05) is 12.8 Å². The van der Waals surface area contributed by atoms with Crippen molar-refractivity contribution in [3.05, 3.63) is 53.6 Å². The number of rotatable bonds is 6. The smallest absolute Gasteiger partial charge is 0.306 e. The Balaban J connectivity index is 1.76. The number of ether oxygens (including phenoxy) is 1. The lowest BCUT2D eigenvalue weighted by atomic mass is 10.1. The topological polar surface area (TPSA) is 87.0 Å². The quantitative estimate of drug-likeness (QED) is 0.564. The molecule has 0 fully saturated rings. The minimum absolute atomic E-state index is 0.137. The fourth-order valence-electron chi connectivity index (χ4n) is 2.05. The Kier molecular flexibility index (Phi) is 5.25. The summed E-state index contributed by atoms with van der Waals surface area (Å²) in [5, 5.41) is 28.0. The van der Waals surface area contributed by atoms with Gasteiger partial charge in [0.1, 0.15) is 0 Å². The van der Waals surface area contributed by atoms with Crippen molar-refractivity contribution in [1.29, 1.82) is 0 Å². The molecule has 0 bridgehead atoms. The van der Waals surface area contributed by atoms with Crippen LogP contribution in [0, 0.1) is 0 Å². The predicted molar refractivity (Wildman–Crippen MR) is 80.9 cm³/mol. The standard InChI is InChI=1S/C17H18O5/c18-14-10-13(11-15(19)17(14)21)6-7-16(20)22-9-8-12-4-2-1-3-5-12/h1-5,10-11,18-19,21H,6-9H2. The van der Waals surface area contributed by atoms with Gasteiger partial charge in [-0.1, -0.05) is 30.3 Å². The molecular weight excluding hydrogens is 284 g/mol. The number of benzene rings is 2. The number of hydrogen-bond donors (Lipinski definition) is 3. The summed E-state index contributed by atoms with van der Waals surface area (Å²) in [4.78, 5) is 11.6. The van der Waals surface area contributed by atoms with Crippen LogP contribution in [-0.2, 0) is 22.4 Å². The van der Waals surface area contributed by atoms with Gasteiger partial charge in [0.25, 0.3) is 0 Å². The summed E-state index contributed by atoms with van der Waals surface area (Å²) >= 11 is 0. The minimum Gasteiger partial charge on any atom is -0.504 e. The van der Waals surface area contributed by atoms with Crippen molar-refractivity contribution in [2.75, 3.05) is 6.61 Å². The van der Waals surface area contributed by atoms with E-state index in [1.165, 1.54) is 12.1 Å². The molecular formula is C17H18O5. The molecule has 0 aliphatic heterocycles. The number of phenols is 3. The van der Waals surface area contributed by atoms with E-state index in [1.54, 1.807) is 0 Å². The lowest BCUT2D eigenvalue weighted by Gasteiger charge is -2.07. The van der Waals surface area contributed by atoms with Crippen LogP contribution in [0.3, 0.4) is 0 Å². The number of hydrogen-bond acceptors (Lipinski definition) is 5. The molecule has 0 aromatic heterocycles. The van der Waals surface area contributed by atoms with E-state index in [2.05, 4.69) is 0 Å². The number of phenolic OH excluding ortho intramolecular Hbond substituents is 3. The third-order valence-electron chi connectivity index (χ3n) is 3.24. The normalized spacial score (nSPS) is 10.4. The highest BCUT2D eigenvalue weighted by Crippen LogP contribution is 2.35. The van der Waals surface area contributed by atoms with Gasteiger partial charge in [0.15, 0.2) is 17.2 Å². The SMILES string of the molecule is O=C(CCc1cc(O)c(O)c(O)c1)OCCc1ccccc1.